The molecule has 118 valence electrons. The van der Waals surface area contributed by atoms with Gasteiger partial charge in [-0.15, -0.1) is 0 Å². The molecule has 0 unspecified atom stereocenters. The minimum Gasteiger partial charge on any atom is -0.398 e. The summed E-state index contributed by atoms with van der Waals surface area (Å²) in [6.07, 6.45) is 6.46. The van der Waals surface area contributed by atoms with E-state index >= 15 is 0 Å². The van der Waals surface area contributed by atoms with E-state index in [0.717, 1.165) is 36.8 Å². The number of nitrogens with two attached hydrogens (primary N) is 1. The number of benzene rings is 1. The van der Waals surface area contributed by atoms with Crippen molar-refractivity contribution in [2.75, 3.05) is 5.73 Å². The van der Waals surface area contributed by atoms with Gasteiger partial charge >= 0.3 is 0 Å². The van der Waals surface area contributed by atoms with Crippen molar-refractivity contribution in [3.8, 4) is 0 Å². The van der Waals surface area contributed by atoms with Gasteiger partial charge in [0.25, 0.3) is 0 Å². The Hall–Kier alpha value is -1.07. The van der Waals surface area contributed by atoms with E-state index in [1.807, 2.05) is 19.9 Å². The summed E-state index contributed by atoms with van der Waals surface area (Å²) >= 11 is 0. The number of hydrogen-bond donors (Lipinski definition) is 2. The number of rotatable bonds is 3. The summed E-state index contributed by atoms with van der Waals surface area (Å²) in [7, 11) is -3.51. The van der Waals surface area contributed by atoms with Crippen LogP contribution in [0, 0.1) is 20.8 Å². The van der Waals surface area contributed by atoms with Crippen LogP contribution in [-0.2, 0) is 10.0 Å². The molecule has 0 aromatic heterocycles. The van der Waals surface area contributed by atoms with Gasteiger partial charge in [-0.25, -0.2) is 13.1 Å². The van der Waals surface area contributed by atoms with Gasteiger partial charge in [0.15, 0.2) is 0 Å². The Labute approximate surface area is 128 Å². The molecule has 1 aromatic rings. The average molecular weight is 310 g/mol. The van der Waals surface area contributed by atoms with E-state index in [9.17, 15) is 8.42 Å². The van der Waals surface area contributed by atoms with E-state index in [4.69, 9.17) is 5.73 Å². The van der Waals surface area contributed by atoms with Gasteiger partial charge in [-0.1, -0.05) is 25.7 Å². The summed E-state index contributed by atoms with van der Waals surface area (Å²) in [5.74, 6) is 0. The van der Waals surface area contributed by atoms with Gasteiger partial charge in [0, 0.05) is 11.7 Å². The zero-order valence-electron chi connectivity index (χ0n) is 13.2. The van der Waals surface area contributed by atoms with Crippen LogP contribution >= 0.6 is 0 Å². The zero-order valence-corrected chi connectivity index (χ0v) is 14.0. The van der Waals surface area contributed by atoms with Crippen molar-refractivity contribution in [3.05, 3.63) is 22.8 Å². The van der Waals surface area contributed by atoms with Crippen LogP contribution < -0.4 is 10.5 Å². The number of sulfonamides is 1. The fourth-order valence-electron chi connectivity index (χ4n) is 3.12. The maximum atomic E-state index is 12.8. The Morgan fingerprint density at radius 1 is 1.05 bits per heavy atom. The number of hydrogen-bond acceptors (Lipinski definition) is 3. The van der Waals surface area contributed by atoms with Crippen molar-refractivity contribution >= 4 is 15.7 Å². The molecule has 5 heteroatoms. The van der Waals surface area contributed by atoms with Crippen molar-refractivity contribution in [3.63, 3.8) is 0 Å². The normalized spacial score (nSPS) is 17.7. The Morgan fingerprint density at radius 3 is 2.19 bits per heavy atom. The van der Waals surface area contributed by atoms with Gasteiger partial charge in [0.2, 0.25) is 10.0 Å². The van der Waals surface area contributed by atoms with E-state index in [-0.39, 0.29) is 6.04 Å². The molecule has 0 heterocycles. The van der Waals surface area contributed by atoms with Gasteiger partial charge in [0.1, 0.15) is 0 Å². The predicted molar refractivity (Wildman–Crippen MR) is 86.9 cm³/mol. The number of nitrogens with one attached hydrogen (secondary N) is 1. The van der Waals surface area contributed by atoms with Gasteiger partial charge in [-0.2, -0.15) is 0 Å². The van der Waals surface area contributed by atoms with Gasteiger partial charge in [-0.3, -0.25) is 0 Å². The first-order valence-corrected chi connectivity index (χ1v) is 9.20. The van der Waals surface area contributed by atoms with Crippen LogP contribution in [-0.4, -0.2) is 14.5 Å². The molecule has 4 nitrogen and oxygen atoms in total. The minimum atomic E-state index is -3.51. The Kier molecular flexibility index (Phi) is 4.94. The monoisotopic (exact) mass is 310 g/mol. The minimum absolute atomic E-state index is 0.0537. The smallest absolute Gasteiger partial charge is 0.241 e. The summed E-state index contributed by atoms with van der Waals surface area (Å²) in [5.41, 5.74) is 8.86. The van der Waals surface area contributed by atoms with Crippen LogP contribution in [0.1, 0.15) is 55.2 Å². The molecule has 1 aliphatic rings. The van der Waals surface area contributed by atoms with Crippen LogP contribution in [0.4, 0.5) is 5.69 Å². The van der Waals surface area contributed by atoms with Crippen molar-refractivity contribution in [2.45, 2.75) is 70.2 Å². The van der Waals surface area contributed by atoms with E-state index in [0.29, 0.717) is 16.1 Å². The van der Waals surface area contributed by atoms with E-state index < -0.39 is 10.0 Å². The molecule has 0 radical (unpaired) electrons. The maximum absolute atomic E-state index is 12.8. The third kappa shape index (κ3) is 3.58. The summed E-state index contributed by atoms with van der Waals surface area (Å²) in [5, 5.41) is 0. The topological polar surface area (TPSA) is 72.2 Å². The quantitative estimate of drug-likeness (QED) is 0.665. The first-order chi connectivity index (χ1) is 9.83. The second-order valence-electron chi connectivity index (χ2n) is 6.17. The molecule has 0 atom stereocenters. The zero-order chi connectivity index (χ0) is 15.6. The van der Waals surface area contributed by atoms with Crippen LogP contribution in [0.25, 0.3) is 0 Å². The maximum Gasteiger partial charge on any atom is 0.241 e. The predicted octanol–water partition coefficient (Wildman–Crippen LogP) is 3.20. The lowest BCUT2D eigenvalue weighted by Crippen LogP contribution is -2.35. The molecule has 0 saturated heterocycles. The molecule has 1 aliphatic carbocycles. The molecule has 0 spiro atoms. The Morgan fingerprint density at radius 2 is 1.62 bits per heavy atom. The molecule has 0 aliphatic heterocycles. The van der Waals surface area contributed by atoms with Crippen LogP contribution in [0.2, 0.25) is 0 Å². The summed E-state index contributed by atoms with van der Waals surface area (Å²) in [4.78, 5) is 0.365. The first kappa shape index (κ1) is 16.3. The molecule has 1 aromatic carbocycles. The highest BCUT2D eigenvalue weighted by atomic mass is 32.2. The Balaban J connectivity index is 2.35. The largest absolute Gasteiger partial charge is 0.398 e. The van der Waals surface area contributed by atoms with Gasteiger partial charge < -0.3 is 5.73 Å². The highest BCUT2D eigenvalue weighted by Crippen LogP contribution is 2.29. The molecule has 1 saturated carbocycles. The molecular formula is C16H26N2O2S. The van der Waals surface area contributed by atoms with Crippen molar-refractivity contribution in [2.24, 2.45) is 0 Å². The molecule has 3 N–H and O–H groups in total. The van der Waals surface area contributed by atoms with Crippen LogP contribution in [0.5, 0.6) is 0 Å². The molecule has 21 heavy (non-hydrogen) atoms. The standard InChI is InChI=1S/C16H26N2O2S/c1-11-10-15(17)13(3)16(12(11)2)21(19,20)18-14-8-6-4-5-7-9-14/h10,14,18H,4-9,17H2,1-3H3. The third-order valence-electron chi connectivity index (χ3n) is 4.52. The van der Waals surface area contributed by atoms with E-state index in [1.54, 1.807) is 6.92 Å². The van der Waals surface area contributed by atoms with Crippen molar-refractivity contribution < 1.29 is 8.42 Å². The molecule has 2 rings (SSSR count). The third-order valence-corrected chi connectivity index (χ3v) is 6.32. The highest BCUT2D eigenvalue weighted by molar-refractivity contribution is 7.89. The SMILES string of the molecule is Cc1cc(N)c(C)c(S(=O)(=O)NC2CCCCCC2)c1C. The van der Waals surface area contributed by atoms with E-state index in [2.05, 4.69) is 4.72 Å². The lowest BCUT2D eigenvalue weighted by atomic mass is 10.1. The number of nitrogen functional groups attached to an aromatic ring is 1. The summed E-state index contributed by atoms with van der Waals surface area (Å²) in [6.45, 7) is 5.53. The summed E-state index contributed by atoms with van der Waals surface area (Å²) < 4.78 is 28.5. The lowest BCUT2D eigenvalue weighted by molar-refractivity contribution is 0.509. The average Bonchev–Trinajstić information content (AvgIpc) is 2.64. The fraction of sp³-hybridized carbons (Fsp3) is 0.625. The lowest BCUT2D eigenvalue weighted by Gasteiger charge is -2.20. The molecule has 1 fully saturated rings. The Bertz CT molecular complexity index is 589. The second kappa shape index (κ2) is 6.36. The molecule has 0 amide bonds. The van der Waals surface area contributed by atoms with E-state index in [1.165, 1.54) is 12.8 Å². The van der Waals surface area contributed by atoms with Crippen molar-refractivity contribution in [1.29, 1.82) is 0 Å². The first-order valence-electron chi connectivity index (χ1n) is 7.71. The van der Waals surface area contributed by atoms with Crippen molar-refractivity contribution in [1.82, 2.24) is 4.72 Å². The molecular weight excluding hydrogens is 284 g/mol. The van der Waals surface area contributed by atoms with Crippen LogP contribution in [0.3, 0.4) is 0 Å². The number of anilines is 1. The second-order valence-corrected chi connectivity index (χ2v) is 7.82. The number of aryl methyl sites for hydroxylation is 1. The van der Waals surface area contributed by atoms with Crippen LogP contribution in [0.15, 0.2) is 11.0 Å². The van der Waals surface area contributed by atoms with Gasteiger partial charge in [-0.05, 0) is 56.4 Å². The van der Waals surface area contributed by atoms with Gasteiger partial charge in [0.05, 0.1) is 4.90 Å². The fourth-order valence-corrected chi connectivity index (χ4v) is 5.00. The summed E-state index contributed by atoms with van der Waals surface area (Å²) in [6, 6.07) is 1.90. The molecule has 0 bridgehead atoms. The highest BCUT2D eigenvalue weighted by Gasteiger charge is 2.25.